The number of methoxy groups -OCH3 is 1. The van der Waals surface area contributed by atoms with Crippen molar-refractivity contribution >= 4 is 22.5 Å². The van der Waals surface area contributed by atoms with Crippen LogP contribution in [0, 0.1) is 6.92 Å². The second-order valence-corrected chi connectivity index (χ2v) is 6.60. The highest BCUT2D eigenvalue weighted by atomic mass is 16.5. The monoisotopic (exact) mass is 380 g/mol. The van der Waals surface area contributed by atoms with Crippen LogP contribution in [0.4, 0.5) is 5.69 Å². The van der Waals surface area contributed by atoms with E-state index in [1.165, 1.54) is 0 Å². The normalized spacial score (nSPS) is 11.1. The lowest BCUT2D eigenvalue weighted by Crippen LogP contribution is -2.36. The molecule has 1 aromatic heterocycles. The predicted molar refractivity (Wildman–Crippen MR) is 109 cm³/mol. The standard InChI is InChI=1S/C21H24N4O3/c1-15-7-3-5-9-17(15)23-20(26)14-25(11-12-28-2)13-19-22-18-10-6-4-8-16(18)21(27)24-19/h3-10H,11-14H2,1-2H3,(H,23,26)(H,22,24,27). The Morgan fingerprint density at radius 2 is 1.93 bits per heavy atom. The number of hydrogen-bond acceptors (Lipinski definition) is 5. The number of rotatable bonds is 8. The number of anilines is 1. The molecule has 1 heterocycles. The quantitative estimate of drug-likeness (QED) is 0.626. The molecule has 0 aliphatic carbocycles. The van der Waals surface area contributed by atoms with Gasteiger partial charge in [0.05, 0.1) is 30.6 Å². The van der Waals surface area contributed by atoms with Crippen LogP contribution in [-0.2, 0) is 16.1 Å². The number of nitrogens with one attached hydrogen (secondary N) is 2. The van der Waals surface area contributed by atoms with Gasteiger partial charge in [-0.25, -0.2) is 4.98 Å². The number of carbonyl (C=O) groups excluding carboxylic acids is 1. The molecule has 3 aromatic rings. The molecule has 0 fully saturated rings. The molecule has 0 saturated heterocycles. The van der Waals surface area contributed by atoms with Crippen molar-refractivity contribution in [3.05, 3.63) is 70.3 Å². The van der Waals surface area contributed by atoms with E-state index >= 15 is 0 Å². The fraction of sp³-hybridized carbons (Fsp3) is 0.286. The van der Waals surface area contributed by atoms with Crippen molar-refractivity contribution in [3.63, 3.8) is 0 Å². The summed E-state index contributed by atoms with van der Waals surface area (Å²) in [4.78, 5) is 34.0. The molecule has 3 rings (SSSR count). The average Bonchev–Trinajstić information content (AvgIpc) is 2.68. The summed E-state index contributed by atoms with van der Waals surface area (Å²) in [5.74, 6) is 0.386. The first kappa shape index (κ1) is 19.7. The molecule has 0 aliphatic rings. The third-order valence-corrected chi connectivity index (χ3v) is 4.43. The zero-order valence-corrected chi connectivity index (χ0v) is 16.1. The summed E-state index contributed by atoms with van der Waals surface area (Å²) in [6, 6.07) is 14.8. The maximum atomic E-state index is 12.5. The van der Waals surface area contributed by atoms with Gasteiger partial charge in [0.1, 0.15) is 5.82 Å². The van der Waals surface area contributed by atoms with Gasteiger partial charge in [0, 0.05) is 19.3 Å². The molecule has 7 heteroatoms. The molecule has 2 N–H and O–H groups in total. The summed E-state index contributed by atoms with van der Waals surface area (Å²) < 4.78 is 5.16. The fourth-order valence-corrected chi connectivity index (χ4v) is 2.96. The van der Waals surface area contributed by atoms with Crippen molar-refractivity contribution < 1.29 is 9.53 Å². The Morgan fingerprint density at radius 3 is 2.71 bits per heavy atom. The van der Waals surface area contributed by atoms with Crippen LogP contribution in [0.25, 0.3) is 10.9 Å². The number of fused-ring (bicyclic) bond motifs is 1. The van der Waals surface area contributed by atoms with Gasteiger partial charge in [-0.05, 0) is 30.7 Å². The van der Waals surface area contributed by atoms with Crippen molar-refractivity contribution in [1.29, 1.82) is 0 Å². The number of aromatic nitrogens is 2. The first-order valence-electron chi connectivity index (χ1n) is 9.11. The van der Waals surface area contributed by atoms with Crippen molar-refractivity contribution in [3.8, 4) is 0 Å². The van der Waals surface area contributed by atoms with Crippen LogP contribution in [0.3, 0.4) is 0 Å². The number of ether oxygens (including phenoxy) is 1. The van der Waals surface area contributed by atoms with Crippen LogP contribution in [0.5, 0.6) is 0 Å². The predicted octanol–water partition coefficient (Wildman–Crippen LogP) is 2.32. The van der Waals surface area contributed by atoms with Crippen molar-refractivity contribution in [2.75, 3.05) is 32.1 Å². The largest absolute Gasteiger partial charge is 0.383 e. The van der Waals surface area contributed by atoms with E-state index in [0.29, 0.717) is 36.4 Å². The Hall–Kier alpha value is -3.03. The zero-order valence-electron chi connectivity index (χ0n) is 16.1. The van der Waals surface area contributed by atoms with Crippen molar-refractivity contribution in [1.82, 2.24) is 14.9 Å². The van der Waals surface area contributed by atoms with Crippen LogP contribution in [0.15, 0.2) is 53.3 Å². The third kappa shape index (κ3) is 5.03. The van der Waals surface area contributed by atoms with Crippen LogP contribution in [0.1, 0.15) is 11.4 Å². The Balaban J connectivity index is 1.74. The third-order valence-electron chi connectivity index (χ3n) is 4.43. The van der Waals surface area contributed by atoms with E-state index in [2.05, 4.69) is 15.3 Å². The molecule has 0 radical (unpaired) electrons. The molecule has 146 valence electrons. The molecular weight excluding hydrogens is 356 g/mol. The molecule has 0 aliphatic heterocycles. The maximum absolute atomic E-state index is 12.5. The van der Waals surface area contributed by atoms with E-state index in [0.717, 1.165) is 11.3 Å². The lowest BCUT2D eigenvalue weighted by Gasteiger charge is -2.21. The number of H-pyrrole nitrogens is 1. The van der Waals surface area contributed by atoms with E-state index in [4.69, 9.17) is 4.74 Å². The second kappa shape index (κ2) is 9.25. The second-order valence-electron chi connectivity index (χ2n) is 6.60. The topological polar surface area (TPSA) is 87.3 Å². The van der Waals surface area contributed by atoms with E-state index in [9.17, 15) is 9.59 Å². The highest BCUT2D eigenvalue weighted by Gasteiger charge is 2.14. The molecule has 7 nitrogen and oxygen atoms in total. The molecular formula is C21H24N4O3. The minimum atomic E-state index is -0.184. The fourth-order valence-electron chi connectivity index (χ4n) is 2.96. The van der Waals surface area contributed by atoms with E-state index in [-0.39, 0.29) is 18.0 Å². The van der Waals surface area contributed by atoms with Gasteiger partial charge in [0.15, 0.2) is 0 Å². The molecule has 0 unspecified atom stereocenters. The minimum absolute atomic E-state index is 0.131. The summed E-state index contributed by atoms with van der Waals surface area (Å²) in [5.41, 5.74) is 2.24. The van der Waals surface area contributed by atoms with E-state index < -0.39 is 0 Å². The molecule has 0 spiro atoms. The number of nitrogens with zero attached hydrogens (tertiary/aromatic N) is 2. The summed E-state index contributed by atoms with van der Waals surface area (Å²) in [5, 5.41) is 3.48. The summed E-state index contributed by atoms with van der Waals surface area (Å²) in [6.07, 6.45) is 0. The Bertz CT molecular complexity index is 1020. The lowest BCUT2D eigenvalue weighted by atomic mass is 10.2. The van der Waals surface area contributed by atoms with Gasteiger partial charge >= 0.3 is 0 Å². The smallest absolute Gasteiger partial charge is 0.258 e. The van der Waals surface area contributed by atoms with Gasteiger partial charge in [-0.2, -0.15) is 0 Å². The molecule has 0 saturated carbocycles. The maximum Gasteiger partial charge on any atom is 0.258 e. The van der Waals surface area contributed by atoms with Crippen LogP contribution in [0.2, 0.25) is 0 Å². The Kier molecular flexibility index (Phi) is 6.52. The van der Waals surface area contributed by atoms with Crippen LogP contribution >= 0.6 is 0 Å². The molecule has 0 bridgehead atoms. The number of benzene rings is 2. The van der Waals surface area contributed by atoms with Gasteiger partial charge in [-0.15, -0.1) is 0 Å². The number of amides is 1. The molecule has 28 heavy (non-hydrogen) atoms. The number of aromatic amines is 1. The molecule has 0 atom stereocenters. The lowest BCUT2D eigenvalue weighted by molar-refractivity contribution is -0.117. The zero-order chi connectivity index (χ0) is 19.9. The van der Waals surface area contributed by atoms with E-state index in [1.807, 2.05) is 42.2 Å². The summed E-state index contributed by atoms with van der Waals surface area (Å²) in [7, 11) is 1.61. The molecule has 2 aromatic carbocycles. The van der Waals surface area contributed by atoms with Crippen LogP contribution in [-0.4, -0.2) is 47.6 Å². The number of carbonyl (C=O) groups is 1. The Morgan fingerprint density at radius 1 is 1.18 bits per heavy atom. The summed E-state index contributed by atoms with van der Waals surface area (Å²) >= 11 is 0. The van der Waals surface area contributed by atoms with Gasteiger partial charge in [-0.1, -0.05) is 30.3 Å². The number of hydrogen-bond donors (Lipinski definition) is 2. The van der Waals surface area contributed by atoms with E-state index in [1.54, 1.807) is 25.3 Å². The summed E-state index contributed by atoms with van der Waals surface area (Å²) in [6.45, 7) is 3.45. The van der Waals surface area contributed by atoms with Crippen molar-refractivity contribution in [2.45, 2.75) is 13.5 Å². The van der Waals surface area contributed by atoms with Gasteiger partial charge < -0.3 is 15.0 Å². The molecule has 1 amide bonds. The SMILES string of the molecule is COCCN(CC(=O)Nc1ccccc1C)Cc1nc2ccccc2c(=O)[nH]1. The average molecular weight is 380 g/mol. The minimum Gasteiger partial charge on any atom is -0.383 e. The number of aryl methyl sites for hydroxylation is 1. The van der Waals surface area contributed by atoms with Gasteiger partial charge in [0.25, 0.3) is 5.56 Å². The highest BCUT2D eigenvalue weighted by molar-refractivity contribution is 5.92. The van der Waals surface area contributed by atoms with Crippen LogP contribution < -0.4 is 10.9 Å². The first-order valence-corrected chi connectivity index (χ1v) is 9.11. The number of para-hydroxylation sites is 2. The first-order chi connectivity index (χ1) is 13.6. The van der Waals surface area contributed by atoms with Gasteiger partial charge in [-0.3, -0.25) is 14.5 Å². The Labute approximate surface area is 163 Å². The van der Waals surface area contributed by atoms with Gasteiger partial charge in [0.2, 0.25) is 5.91 Å². The highest BCUT2D eigenvalue weighted by Crippen LogP contribution is 2.13. The van der Waals surface area contributed by atoms with Crippen molar-refractivity contribution in [2.24, 2.45) is 0 Å².